The third-order valence-corrected chi connectivity index (χ3v) is 9.10. The fourth-order valence-corrected chi connectivity index (χ4v) is 6.02. The first-order valence-corrected chi connectivity index (χ1v) is 15.9. The lowest BCUT2D eigenvalue weighted by molar-refractivity contribution is -0.155. The molecule has 0 aliphatic carbocycles. The summed E-state index contributed by atoms with van der Waals surface area (Å²) in [5.41, 5.74) is 4.02. The Kier molecular flexibility index (Phi) is 9.82. The van der Waals surface area contributed by atoms with Gasteiger partial charge in [-0.15, -0.1) is 0 Å². The molecule has 0 radical (unpaired) electrons. The van der Waals surface area contributed by atoms with E-state index in [1.807, 2.05) is 44.4 Å². The summed E-state index contributed by atoms with van der Waals surface area (Å²) in [6, 6.07) is 12.3. The SMILES string of the molecule is Cc1ccc(NC(=O)c2cc3nc(Cc4c(Cl)ccc(CNC(=O)C(C)(C)C)c4Cl)n(C)c3cc2N2CCNC(C(F)(F)F)C2)cc1. The number of nitrogens with zero attached hydrogens (tertiary/aromatic N) is 3. The van der Waals surface area contributed by atoms with E-state index >= 15 is 0 Å². The predicted octanol–water partition coefficient (Wildman–Crippen LogP) is 7.03. The minimum absolute atomic E-state index is 0.0986. The molecule has 1 aliphatic rings. The van der Waals surface area contributed by atoms with Crippen molar-refractivity contribution in [1.82, 2.24) is 20.2 Å². The van der Waals surface area contributed by atoms with Crippen molar-refractivity contribution in [2.45, 2.75) is 52.9 Å². The number of hydrogen-bond acceptors (Lipinski definition) is 5. The predicted molar refractivity (Wildman–Crippen MR) is 180 cm³/mol. The highest BCUT2D eigenvalue weighted by Gasteiger charge is 2.42. The Morgan fingerprint density at radius 3 is 2.43 bits per heavy atom. The number of carbonyl (C=O) groups is 2. The molecule has 250 valence electrons. The van der Waals surface area contributed by atoms with Crippen LogP contribution in [-0.4, -0.2) is 53.2 Å². The number of hydrogen-bond donors (Lipinski definition) is 3. The van der Waals surface area contributed by atoms with Gasteiger partial charge in [0, 0.05) is 55.8 Å². The fraction of sp³-hybridized carbons (Fsp3) is 0.382. The molecule has 4 aromatic rings. The molecule has 5 rings (SSSR count). The Hall–Kier alpha value is -3.80. The Labute approximate surface area is 281 Å². The van der Waals surface area contributed by atoms with E-state index in [-0.39, 0.29) is 44.1 Å². The number of aryl methyl sites for hydroxylation is 2. The van der Waals surface area contributed by atoms with Crippen molar-refractivity contribution in [3.05, 3.63) is 86.7 Å². The Morgan fingerprint density at radius 1 is 1.06 bits per heavy atom. The maximum atomic E-state index is 13.7. The van der Waals surface area contributed by atoms with Crippen molar-refractivity contribution in [3.63, 3.8) is 0 Å². The summed E-state index contributed by atoms with van der Waals surface area (Å²) in [4.78, 5) is 32.5. The summed E-state index contributed by atoms with van der Waals surface area (Å²) in [6.45, 7) is 7.63. The van der Waals surface area contributed by atoms with Crippen molar-refractivity contribution in [3.8, 4) is 0 Å². The zero-order chi connectivity index (χ0) is 34.3. The normalized spacial score (nSPS) is 15.6. The molecule has 1 saturated heterocycles. The smallest absolute Gasteiger partial charge is 0.368 e. The molecule has 2 heterocycles. The number of benzene rings is 3. The lowest BCUT2D eigenvalue weighted by Gasteiger charge is -2.36. The summed E-state index contributed by atoms with van der Waals surface area (Å²) in [6.07, 6.45) is -4.22. The van der Waals surface area contributed by atoms with E-state index in [0.29, 0.717) is 49.4 Å². The van der Waals surface area contributed by atoms with Gasteiger partial charge in [-0.2, -0.15) is 13.2 Å². The van der Waals surface area contributed by atoms with Crippen LogP contribution in [0.15, 0.2) is 48.5 Å². The first-order valence-electron chi connectivity index (χ1n) is 15.2. The Morgan fingerprint density at radius 2 is 1.77 bits per heavy atom. The molecule has 8 nitrogen and oxygen atoms in total. The van der Waals surface area contributed by atoms with E-state index in [1.165, 1.54) is 0 Å². The van der Waals surface area contributed by atoms with Gasteiger partial charge in [-0.1, -0.05) is 67.7 Å². The van der Waals surface area contributed by atoms with Gasteiger partial charge in [0.05, 0.1) is 27.3 Å². The topological polar surface area (TPSA) is 91.3 Å². The third-order valence-electron chi connectivity index (χ3n) is 8.28. The highest BCUT2D eigenvalue weighted by molar-refractivity contribution is 6.36. The van der Waals surface area contributed by atoms with Crippen LogP contribution in [0.5, 0.6) is 0 Å². The first kappa shape index (κ1) is 34.5. The minimum atomic E-state index is -4.45. The molecule has 1 aromatic heterocycles. The second-order valence-electron chi connectivity index (χ2n) is 12.9. The fourth-order valence-electron chi connectivity index (χ4n) is 5.45. The summed E-state index contributed by atoms with van der Waals surface area (Å²) in [5, 5.41) is 9.14. The van der Waals surface area contributed by atoms with Crippen molar-refractivity contribution < 1.29 is 22.8 Å². The van der Waals surface area contributed by atoms with Crippen LogP contribution in [0, 0.1) is 12.3 Å². The first-order chi connectivity index (χ1) is 22.0. The van der Waals surface area contributed by atoms with Gasteiger partial charge in [0.15, 0.2) is 0 Å². The molecule has 2 amide bonds. The summed E-state index contributed by atoms with van der Waals surface area (Å²) < 4.78 is 43.1. The zero-order valence-corrected chi connectivity index (χ0v) is 28.3. The molecule has 47 heavy (non-hydrogen) atoms. The second kappa shape index (κ2) is 13.4. The number of aromatic nitrogens is 2. The number of halogens is 5. The number of anilines is 2. The molecule has 1 fully saturated rings. The van der Waals surface area contributed by atoms with Gasteiger partial charge in [0.1, 0.15) is 11.9 Å². The van der Waals surface area contributed by atoms with Crippen molar-refractivity contribution in [2.24, 2.45) is 12.5 Å². The van der Waals surface area contributed by atoms with Crippen LogP contribution < -0.4 is 20.9 Å². The zero-order valence-electron chi connectivity index (χ0n) is 26.8. The average molecular weight is 690 g/mol. The molecule has 0 saturated carbocycles. The van der Waals surface area contributed by atoms with E-state index in [9.17, 15) is 22.8 Å². The standard InChI is InChI=1S/C34H37Cl2F3N6O2/c1-19-6-9-21(10-7-19)42-31(46)23-14-25-27(16-26(23)45-13-12-40-28(18-45)34(37,38)39)44(5)29(43-25)15-22-24(35)11-8-20(30(22)36)17-41-32(47)33(2,3)4/h6-11,14,16,28,40H,12-13,15,17-18H2,1-5H3,(H,41,47)(H,42,46). The average Bonchev–Trinajstić information content (AvgIpc) is 3.32. The van der Waals surface area contributed by atoms with E-state index in [1.54, 1.807) is 48.3 Å². The van der Waals surface area contributed by atoms with Gasteiger partial charge in [-0.05, 0) is 48.4 Å². The van der Waals surface area contributed by atoms with E-state index in [4.69, 9.17) is 28.2 Å². The summed E-state index contributed by atoms with van der Waals surface area (Å²) in [5.74, 6) is -0.00387. The van der Waals surface area contributed by atoms with Crippen molar-refractivity contribution in [2.75, 3.05) is 29.9 Å². The Bertz CT molecular complexity index is 1820. The maximum absolute atomic E-state index is 13.7. The van der Waals surface area contributed by atoms with E-state index in [2.05, 4.69) is 16.0 Å². The molecule has 13 heteroatoms. The van der Waals surface area contributed by atoms with Crippen LogP contribution in [0.4, 0.5) is 24.5 Å². The number of nitrogens with one attached hydrogen (secondary N) is 3. The number of alkyl halides is 3. The molecule has 1 aliphatic heterocycles. The molecule has 1 atom stereocenters. The number of fused-ring (bicyclic) bond motifs is 1. The summed E-state index contributed by atoms with van der Waals surface area (Å²) in [7, 11) is 1.80. The minimum Gasteiger partial charge on any atom is -0.368 e. The monoisotopic (exact) mass is 688 g/mol. The van der Waals surface area contributed by atoms with Gasteiger partial charge in [0.2, 0.25) is 5.91 Å². The van der Waals surface area contributed by atoms with Gasteiger partial charge in [-0.3, -0.25) is 9.59 Å². The number of amides is 2. The molecule has 0 bridgehead atoms. The van der Waals surface area contributed by atoms with Gasteiger partial charge in [0.25, 0.3) is 5.91 Å². The number of carbonyl (C=O) groups excluding carboxylic acids is 2. The largest absolute Gasteiger partial charge is 0.405 e. The molecule has 3 aromatic carbocycles. The quantitative estimate of drug-likeness (QED) is 0.194. The van der Waals surface area contributed by atoms with E-state index < -0.39 is 23.5 Å². The van der Waals surface area contributed by atoms with Gasteiger partial charge in [-0.25, -0.2) is 4.98 Å². The van der Waals surface area contributed by atoms with Gasteiger partial charge < -0.3 is 25.4 Å². The molecular formula is C34H37Cl2F3N6O2. The highest BCUT2D eigenvalue weighted by atomic mass is 35.5. The second-order valence-corrected chi connectivity index (χ2v) is 13.7. The number of piperazine rings is 1. The van der Waals surface area contributed by atoms with Crippen LogP contribution in [-0.2, 0) is 24.8 Å². The van der Waals surface area contributed by atoms with Crippen LogP contribution >= 0.6 is 23.2 Å². The van der Waals surface area contributed by atoms with Crippen LogP contribution in [0.25, 0.3) is 11.0 Å². The summed E-state index contributed by atoms with van der Waals surface area (Å²) >= 11 is 13.4. The third kappa shape index (κ3) is 7.69. The Balaban J connectivity index is 1.52. The van der Waals surface area contributed by atoms with Crippen molar-refractivity contribution >= 4 is 57.4 Å². The van der Waals surface area contributed by atoms with Gasteiger partial charge >= 0.3 is 6.18 Å². The van der Waals surface area contributed by atoms with Crippen LogP contribution in [0.2, 0.25) is 10.0 Å². The number of imidazole rings is 1. The molecule has 3 N–H and O–H groups in total. The number of rotatable bonds is 7. The lowest BCUT2D eigenvalue weighted by Crippen LogP contribution is -2.57. The highest BCUT2D eigenvalue weighted by Crippen LogP contribution is 2.34. The van der Waals surface area contributed by atoms with Crippen molar-refractivity contribution in [1.29, 1.82) is 0 Å². The maximum Gasteiger partial charge on any atom is 0.405 e. The molecular weight excluding hydrogens is 652 g/mol. The molecule has 0 spiro atoms. The lowest BCUT2D eigenvalue weighted by atomic mass is 9.95. The van der Waals surface area contributed by atoms with E-state index in [0.717, 1.165) is 5.56 Å². The van der Waals surface area contributed by atoms with Crippen LogP contribution in [0.1, 0.15) is 53.6 Å². The molecule has 1 unspecified atom stereocenters. The van der Waals surface area contributed by atoms with Crippen LogP contribution in [0.3, 0.4) is 0 Å².